The number of amides is 2. The van der Waals surface area contributed by atoms with Gasteiger partial charge in [-0.05, 0) is 43.7 Å². The van der Waals surface area contributed by atoms with Gasteiger partial charge in [0.2, 0.25) is 11.8 Å². The summed E-state index contributed by atoms with van der Waals surface area (Å²) >= 11 is 0. The van der Waals surface area contributed by atoms with Gasteiger partial charge in [-0.3, -0.25) is 9.59 Å². The number of nitrogens with zero attached hydrogens (tertiary/aromatic N) is 2. The Hall–Kier alpha value is -2.82. The Kier molecular flexibility index (Phi) is 6.12. The highest BCUT2D eigenvalue weighted by molar-refractivity contribution is 5.97. The molecule has 0 bridgehead atoms. The van der Waals surface area contributed by atoms with Crippen LogP contribution in [0.3, 0.4) is 0 Å². The maximum absolute atomic E-state index is 12.6. The van der Waals surface area contributed by atoms with E-state index >= 15 is 0 Å². The van der Waals surface area contributed by atoms with Crippen LogP contribution in [0.4, 0.5) is 11.4 Å². The van der Waals surface area contributed by atoms with Crippen molar-refractivity contribution >= 4 is 23.2 Å². The third kappa shape index (κ3) is 4.67. The molecule has 1 fully saturated rings. The van der Waals surface area contributed by atoms with Crippen molar-refractivity contribution < 1.29 is 9.59 Å². The summed E-state index contributed by atoms with van der Waals surface area (Å²) in [5, 5.41) is 2.95. The summed E-state index contributed by atoms with van der Waals surface area (Å²) in [6.45, 7) is 7.17. The van der Waals surface area contributed by atoms with Crippen LogP contribution in [0.1, 0.15) is 25.8 Å². The number of anilines is 2. The first-order valence-electron chi connectivity index (χ1n) is 9.58. The average molecular weight is 365 g/mol. The molecule has 1 saturated heterocycles. The largest absolute Gasteiger partial charge is 0.372 e. The molecule has 142 valence electrons. The van der Waals surface area contributed by atoms with Crippen molar-refractivity contribution in [3.05, 3.63) is 60.2 Å². The lowest BCUT2D eigenvalue weighted by Gasteiger charge is -2.21. The molecular weight excluding hydrogens is 338 g/mol. The van der Waals surface area contributed by atoms with Crippen molar-refractivity contribution in [2.75, 3.05) is 29.9 Å². The van der Waals surface area contributed by atoms with Gasteiger partial charge < -0.3 is 15.1 Å². The number of carbonyl (C=O) groups excluding carboxylic acids is 2. The van der Waals surface area contributed by atoms with Gasteiger partial charge in [0, 0.05) is 44.0 Å². The number of hydrogen-bond donors (Lipinski definition) is 1. The molecule has 2 aromatic rings. The highest BCUT2D eigenvalue weighted by Gasteiger charge is 2.34. The van der Waals surface area contributed by atoms with Crippen LogP contribution in [0.5, 0.6) is 0 Å². The smallest absolute Gasteiger partial charge is 0.229 e. The number of rotatable bonds is 7. The minimum atomic E-state index is -0.302. The summed E-state index contributed by atoms with van der Waals surface area (Å²) in [5.41, 5.74) is 2.99. The van der Waals surface area contributed by atoms with E-state index in [2.05, 4.69) is 24.1 Å². The molecule has 1 heterocycles. The van der Waals surface area contributed by atoms with Crippen LogP contribution in [0, 0.1) is 5.92 Å². The molecule has 27 heavy (non-hydrogen) atoms. The van der Waals surface area contributed by atoms with Gasteiger partial charge in [-0.25, -0.2) is 0 Å². The van der Waals surface area contributed by atoms with Crippen LogP contribution in [0.25, 0.3) is 0 Å². The van der Waals surface area contributed by atoms with E-state index < -0.39 is 0 Å². The van der Waals surface area contributed by atoms with E-state index in [4.69, 9.17) is 0 Å². The second-order valence-corrected chi connectivity index (χ2v) is 6.87. The number of likely N-dealkylation sites (tertiary alicyclic amines) is 1. The molecular formula is C22H27N3O2. The zero-order chi connectivity index (χ0) is 19.2. The highest BCUT2D eigenvalue weighted by Crippen LogP contribution is 2.23. The fraction of sp³-hybridized carbons (Fsp3) is 0.364. The molecule has 2 aromatic carbocycles. The number of nitrogens with one attached hydrogen (secondary N) is 1. The van der Waals surface area contributed by atoms with Gasteiger partial charge in [-0.2, -0.15) is 0 Å². The average Bonchev–Trinajstić information content (AvgIpc) is 3.05. The van der Waals surface area contributed by atoms with Gasteiger partial charge in [0.15, 0.2) is 0 Å². The Balaban J connectivity index is 1.57. The lowest BCUT2D eigenvalue weighted by atomic mass is 10.1. The third-order valence-electron chi connectivity index (χ3n) is 5.06. The van der Waals surface area contributed by atoms with Crippen LogP contribution in [-0.2, 0) is 16.1 Å². The van der Waals surface area contributed by atoms with E-state index in [9.17, 15) is 9.59 Å². The van der Waals surface area contributed by atoms with Crippen LogP contribution >= 0.6 is 0 Å². The Labute approximate surface area is 161 Å². The quantitative estimate of drug-likeness (QED) is 0.817. The molecule has 0 saturated carbocycles. The fourth-order valence-electron chi connectivity index (χ4n) is 3.49. The minimum absolute atomic E-state index is 0.0379. The van der Waals surface area contributed by atoms with E-state index in [1.165, 1.54) is 0 Å². The second-order valence-electron chi connectivity index (χ2n) is 6.87. The summed E-state index contributed by atoms with van der Waals surface area (Å²) in [5.74, 6) is -0.353. The van der Waals surface area contributed by atoms with E-state index in [0.29, 0.717) is 13.1 Å². The summed E-state index contributed by atoms with van der Waals surface area (Å²) in [6, 6.07) is 17.7. The summed E-state index contributed by atoms with van der Waals surface area (Å²) < 4.78 is 0. The molecule has 1 aliphatic heterocycles. The molecule has 0 unspecified atom stereocenters. The van der Waals surface area contributed by atoms with Crippen LogP contribution in [-0.4, -0.2) is 36.3 Å². The lowest BCUT2D eigenvalue weighted by molar-refractivity contribution is -0.128. The standard InChI is InChI=1S/C22H27N3O2/c1-3-24(4-2)20-12-10-19(11-13-20)23-22(27)18-14-21(26)25(16-18)15-17-8-6-5-7-9-17/h5-13,18H,3-4,14-16H2,1-2H3,(H,23,27)/t18-/m0/s1. The first-order chi connectivity index (χ1) is 13.1. The van der Waals surface area contributed by atoms with E-state index in [1.54, 1.807) is 4.90 Å². The predicted octanol–water partition coefficient (Wildman–Crippen LogP) is 3.52. The lowest BCUT2D eigenvalue weighted by Crippen LogP contribution is -2.28. The van der Waals surface area contributed by atoms with Crippen molar-refractivity contribution in [2.45, 2.75) is 26.8 Å². The Morgan fingerprint density at radius 1 is 1.07 bits per heavy atom. The van der Waals surface area contributed by atoms with Crippen LogP contribution in [0.2, 0.25) is 0 Å². The zero-order valence-corrected chi connectivity index (χ0v) is 16.0. The van der Waals surface area contributed by atoms with Crippen LogP contribution < -0.4 is 10.2 Å². The molecule has 0 spiro atoms. The van der Waals surface area contributed by atoms with Gasteiger partial charge in [-0.1, -0.05) is 30.3 Å². The predicted molar refractivity (Wildman–Crippen MR) is 109 cm³/mol. The number of carbonyl (C=O) groups is 2. The molecule has 1 aliphatic rings. The van der Waals surface area contributed by atoms with E-state index in [-0.39, 0.29) is 24.2 Å². The van der Waals surface area contributed by atoms with Gasteiger partial charge in [0.25, 0.3) is 0 Å². The van der Waals surface area contributed by atoms with Crippen molar-refractivity contribution in [3.8, 4) is 0 Å². The van der Waals surface area contributed by atoms with Gasteiger partial charge >= 0.3 is 0 Å². The van der Waals surface area contributed by atoms with Crippen molar-refractivity contribution in [2.24, 2.45) is 5.92 Å². The maximum Gasteiger partial charge on any atom is 0.229 e. The Bertz CT molecular complexity index is 770. The zero-order valence-electron chi connectivity index (χ0n) is 16.0. The summed E-state index contributed by atoms with van der Waals surface area (Å²) in [7, 11) is 0. The Morgan fingerprint density at radius 3 is 2.37 bits per heavy atom. The first kappa shape index (κ1) is 19.0. The minimum Gasteiger partial charge on any atom is -0.372 e. The Morgan fingerprint density at radius 2 is 1.74 bits per heavy atom. The van der Waals surface area contributed by atoms with Crippen LogP contribution in [0.15, 0.2) is 54.6 Å². The van der Waals surface area contributed by atoms with Crippen molar-refractivity contribution in [1.29, 1.82) is 0 Å². The van der Waals surface area contributed by atoms with Crippen molar-refractivity contribution in [1.82, 2.24) is 4.90 Å². The third-order valence-corrected chi connectivity index (χ3v) is 5.06. The normalized spacial score (nSPS) is 16.4. The maximum atomic E-state index is 12.6. The van der Waals surface area contributed by atoms with Gasteiger partial charge in [0.1, 0.15) is 0 Å². The second kappa shape index (κ2) is 8.71. The highest BCUT2D eigenvalue weighted by atomic mass is 16.2. The van der Waals surface area contributed by atoms with Gasteiger partial charge in [-0.15, -0.1) is 0 Å². The molecule has 1 N–H and O–H groups in total. The topological polar surface area (TPSA) is 52.7 Å². The summed E-state index contributed by atoms with van der Waals surface area (Å²) in [6.07, 6.45) is 0.274. The number of benzene rings is 2. The SMILES string of the molecule is CCN(CC)c1ccc(NC(=O)[C@H]2CC(=O)N(Cc3ccccc3)C2)cc1. The fourth-order valence-corrected chi connectivity index (χ4v) is 3.49. The molecule has 1 atom stereocenters. The van der Waals surface area contributed by atoms with Gasteiger partial charge in [0.05, 0.1) is 5.92 Å². The van der Waals surface area contributed by atoms with E-state index in [1.807, 2.05) is 54.6 Å². The first-order valence-corrected chi connectivity index (χ1v) is 9.58. The van der Waals surface area contributed by atoms with Crippen molar-refractivity contribution in [3.63, 3.8) is 0 Å². The monoisotopic (exact) mass is 365 g/mol. The molecule has 2 amide bonds. The molecule has 0 aliphatic carbocycles. The molecule has 5 nitrogen and oxygen atoms in total. The molecule has 0 radical (unpaired) electrons. The number of hydrogen-bond acceptors (Lipinski definition) is 3. The van der Waals surface area contributed by atoms with E-state index in [0.717, 1.165) is 30.0 Å². The molecule has 3 rings (SSSR count). The molecule has 5 heteroatoms. The summed E-state index contributed by atoms with van der Waals surface area (Å²) in [4.78, 5) is 28.9. The molecule has 0 aromatic heterocycles.